The van der Waals surface area contributed by atoms with Crippen molar-refractivity contribution in [1.29, 1.82) is 0 Å². The molecule has 1 aromatic carbocycles. The molecule has 2 N–H and O–H groups in total. The van der Waals surface area contributed by atoms with Gasteiger partial charge in [-0.2, -0.15) is 0 Å². The summed E-state index contributed by atoms with van der Waals surface area (Å²) in [5, 5.41) is 0. The van der Waals surface area contributed by atoms with Crippen molar-refractivity contribution in [3.8, 4) is 5.75 Å². The van der Waals surface area contributed by atoms with Crippen LogP contribution in [-0.2, 0) is 0 Å². The van der Waals surface area contributed by atoms with Gasteiger partial charge in [0.25, 0.3) is 0 Å². The highest BCUT2D eigenvalue weighted by Gasteiger charge is 2.29. The van der Waals surface area contributed by atoms with Crippen LogP contribution in [0.5, 0.6) is 5.75 Å². The Hall–Kier alpha value is -1.16. The zero-order valence-electron chi connectivity index (χ0n) is 10.5. The van der Waals surface area contributed by atoms with Crippen molar-refractivity contribution in [2.24, 2.45) is 11.7 Å². The van der Waals surface area contributed by atoms with Crippen molar-refractivity contribution in [3.63, 3.8) is 0 Å². The molecule has 18 heavy (non-hydrogen) atoms. The second kappa shape index (κ2) is 5.65. The van der Waals surface area contributed by atoms with E-state index in [2.05, 4.69) is 6.92 Å². The van der Waals surface area contributed by atoms with Gasteiger partial charge in [0, 0.05) is 24.2 Å². The van der Waals surface area contributed by atoms with Crippen LogP contribution in [0.1, 0.15) is 32.6 Å². The van der Waals surface area contributed by atoms with E-state index in [1.54, 1.807) is 0 Å². The fourth-order valence-electron chi connectivity index (χ4n) is 2.51. The lowest BCUT2D eigenvalue weighted by molar-refractivity contribution is 0.100. The van der Waals surface area contributed by atoms with E-state index in [1.807, 2.05) is 0 Å². The number of hydrogen-bond acceptors (Lipinski definition) is 2. The summed E-state index contributed by atoms with van der Waals surface area (Å²) in [5.41, 5.74) is 6.01. The second-order valence-corrected chi connectivity index (χ2v) is 5.01. The highest BCUT2D eigenvalue weighted by Crippen LogP contribution is 2.29. The topological polar surface area (TPSA) is 35.2 Å². The van der Waals surface area contributed by atoms with Crippen LogP contribution >= 0.6 is 0 Å². The van der Waals surface area contributed by atoms with Gasteiger partial charge in [-0.1, -0.05) is 13.3 Å². The molecule has 3 unspecified atom stereocenters. The lowest BCUT2D eigenvalue weighted by Gasteiger charge is -2.33. The molecule has 0 saturated heterocycles. The Morgan fingerprint density at radius 1 is 1.22 bits per heavy atom. The molecule has 0 spiro atoms. The van der Waals surface area contributed by atoms with Crippen LogP contribution in [0, 0.1) is 17.6 Å². The molecule has 1 fully saturated rings. The first kappa shape index (κ1) is 13.3. The van der Waals surface area contributed by atoms with Crippen molar-refractivity contribution in [2.45, 2.75) is 44.8 Å². The Morgan fingerprint density at radius 3 is 2.50 bits per heavy atom. The summed E-state index contributed by atoms with van der Waals surface area (Å²) in [6, 6.07) is 3.18. The van der Waals surface area contributed by atoms with Crippen LogP contribution in [0.4, 0.5) is 8.78 Å². The van der Waals surface area contributed by atoms with Crippen LogP contribution in [-0.4, -0.2) is 12.1 Å². The number of halogens is 2. The SMILES string of the molecule is CCC1CCC(N)C(Oc2cc(F)cc(F)c2)C1. The number of ether oxygens (including phenoxy) is 1. The molecule has 2 rings (SSSR count). The summed E-state index contributed by atoms with van der Waals surface area (Å²) >= 11 is 0. The van der Waals surface area contributed by atoms with Gasteiger partial charge in [-0.05, 0) is 25.2 Å². The molecule has 0 aromatic heterocycles. The Bertz CT molecular complexity index is 391. The summed E-state index contributed by atoms with van der Waals surface area (Å²) in [6.07, 6.45) is 3.81. The molecular formula is C14H19F2NO. The van der Waals surface area contributed by atoms with Gasteiger partial charge in [-0.3, -0.25) is 0 Å². The molecule has 1 aliphatic rings. The van der Waals surface area contributed by atoms with E-state index in [4.69, 9.17) is 10.5 Å². The molecule has 0 amide bonds. The van der Waals surface area contributed by atoms with Gasteiger partial charge in [0.05, 0.1) is 0 Å². The van der Waals surface area contributed by atoms with Crippen molar-refractivity contribution < 1.29 is 13.5 Å². The first-order valence-corrected chi connectivity index (χ1v) is 6.46. The lowest BCUT2D eigenvalue weighted by Crippen LogP contribution is -2.43. The van der Waals surface area contributed by atoms with Gasteiger partial charge in [0.2, 0.25) is 0 Å². The predicted molar refractivity (Wildman–Crippen MR) is 66.4 cm³/mol. The number of benzene rings is 1. The third-order valence-electron chi connectivity index (χ3n) is 3.65. The third-order valence-corrected chi connectivity index (χ3v) is 3.65. The zero-order valence-corrected chi connectivity index (χ0v) is 10.5. The van der Waals surface area contributed by atoms with Gasteiger partial charge in [0.15, 0.2) is 0 Å². The maximum absolute atomic E-state index is 13.1. The summed E-state index contributed by atoms with van der Waals surface area (Å²) in [4.78, 5) is 0. The van der Waals surface area contributed by atoms with Crippen LogP contribution in [0.15, 0.2) is 18.2 Å². The highest BCUT2D eigenvalue weighted by molar-refractivity contribution is 5.24. The first-order valence-electron chi connectivity index (χ1n) is 6.46. The minimum absolute atomic E-state index is 0.0564. The van der Waals surface area contributed by atoms with Gasteiger partial charge in [-0.15, -0.1) is 0 Å². The van der Waals surface area contributed by atoms with Crippen LogP contribution < -0.4 is 10.5 Å². The fourth-order valence-corrected chi connectivity index (χ4v) is 2.51. The lowest BCUT2D eigenvalue weighted by atomic mass is 9.83. The van der Waals surface area contributed by atoms with Crippen LogP contribution in [0.25, 0.3) is 0 Å². The minimum atomic E-state index is -0.624. The maximum atomic E-state index is 13.1. The van der Waals surface area contributed by atoms with Crippen molar-refractivity contribution in [3.05, 3.63) is 29.8 Å². The Balaban J connectivity index is 2.06. The van der Waals surface area contributed by atoms with Crippen LogP contribution in [0.3, 0.4) is 0 Å². The second-order valence-electron chi connectivity index (χ2n) is 5.01. The molecule has 3 atom stereocenters. The van der Waals surface area contributed by atoms with E-state index in [9.17, 15) is 8.78 Å². The number of hydrogen-bond donors (Lipinski definition) is 1. The largest absolute Gasteiger partial charge is 0.489 e. The molecule has 4 heteroatoms. The molecule has 1 aromatic rings. The van der Waals surface area contributed by atoms with E-state index in [1.165, 1.54) is 12.1 Å². The average molecular weight is 255 g/mol. The zero-order chi connectivity index (χ0) is 13.1. The average Bonchev–Trinajstić information content (AvgIpc) is 2.30. The van der Waals surface area contributed by atoms with E-state index < -0.39 is 11.6 Å². The van der Waals surface area contributed by atoms with Gasteiger partial charge in [0.1, 0.15) is 23.5 Å². The summed E-state index contributed by atoms with van der Waals surface area (Å²) in [5.74, 6) is -0.430. The van der Waals surface area contributed by atoms with Crippen molar-refractivity contribution in [1.82, 2.24) is 0 Å². The third kappa shape index (κ3) is 3.19. The molecule has 0 radical (unpaired) electrons. The molecule has 0 heterocycles. The number of nitrogens with two attached hydrogens (primary N) is 1. The quantitative estimate of drug-likeness (QED) is 0.899. The van der Waals surface area contributed by atoms with E-state index in [0.29, 0.717) is 5.92 Å². The molecule has 1 aliphatic carbocycles. The summed E-state index contributed by atoms with van der Waals surface area (Å²) in [7, 11) is 0. The Labute approximate surface area is 106 Å². The molecule has 0 bridgehead atoms. The Kier molecular flexibility index (Phi) is 4.17. The predicted octanol–water partition coefficient (Wildman–Crippen LogP) is 3.25. The smallest absolute Gasteiger partial charge is 0.129 e. The Morgan fingerprint density at radius 2 is 1.89 bits per heavy atom. The van der Waals surface area contributed by atoms with Gasteiger partial charge < -0.3 is 10.5 Å². The molecule has 0 aliphatic heterocycles. The van der Waals surface area contributed by atoms with Gasteiger partial charge in [-0.25, -0.2) is 8.78 Å². The summed E-state index contributed by atoms with van der Waals surface area (Å²) in [6.45, 7) is 2.14. The molecular weight excluding hydrogens is 236 g/mol. The minimum Gasteiger partial charge on any atom is -0.489 e. The number of rotatable bonds is 3. The van der Waals surface area contributed by atoms with E-state index in [-0.39, 0.29) is 17.9 Å². The molecule has 1 saturated carbocycles. The first-order chi connectivity index (χ1) is 8.58. The van der Waals surface area contributed by atoms with E-state index >= 15 is 0 Å². The molecule has 100 valence electrons. The fraction of sp³-hybridized carbons (Fsp3) is 0.571. The van der Waals surface area contributed by atoms with Crippen LogP contribution in [0.2, 0.25) is 0 Å². The normalized spacial score (nSPS) is 28.1. The molecule has 2 nitrogen and oxygen atoms in total. The maximum Gasteiger partial charge on any atom is 0.129 e. The van der Waals surface area contributed by atoms with E-state index in [0.717, 1.165) is 31.7 Å². The standard InChI is InChI=1S/C14H19F2NO/c1-2-9-3-4-13(17)14(5-9)18-12-7-10(15)6-11(16)8-12/h6-9,13-14H,2-5,17H2,1H3. The summed E-state index contributed by atoms with van der Waals surface area (Å²) < 4.78 is 31.8. The monoisotopic (exact) mass is 255 g/mol. The van der Waals surface area contributed by atoms with Crippen molar-refractivity contribution in [2.75, 3.05) is 0 Å². The van der Waals surface area contributed by atoms with Crippen molar-refractivity contribution >= 4 is 0 Å². The highest BCUT2D eigenvalue weighted by atomic mass is 19.1. The van der Waals surface area contributed by atoms with Gasteiger partial charge >= 0.3 is 0 Å².